The summed E-state index contributed by atoms with van der Waals surface area (Å²) in [4.78, 5) is 13.0. The van der Waals surface area contributed by atoms with Crippen LogP contribution in [0.5, 0.6) is 11.8 Å². The van der Waals surface area contributed by atoms with E-state index in [1.54, 1.807) is 26.6 Å². The van der Waals surface area contributed by atoms with E-state index in [-0.39, 0.29) is 6.04 Å². The van der Waals surface area contributed by atoms with Gasteiger partial charge in [0.25, 0.3) is 0 Å². The number of aryl methyl sites for hydroxylation is 1. The van der Waals surface area contributed by atoms with E-state index in [0.717, 1.165) is 11.3 Å². The van der Waals surface area contributed by atoms with Gasteiger partial charge in [0.05, 0.1) is 26.5 Å². The van der Waals surface area contributed by atoms with Gasteiger partial charge in [0.2, 0.25) is 11.8 Å². The van der Waals surface area contributed by atoms with Crippen molar-refractivity contribution in [1.82, 2.24) is 20.3 Å². The fraction of sp³-hybridized carbons (Fsp3) is 0.357. The molecule has 20 heavy (non-hydrogen) atoms. The van der Waals surface area contributed by atoms with Crippen molar-refractivity contribution in [2.75, 3.05) is 21.3 Å². The quantitative estimate of drug-likeness (QED) is 0.891. The van der Waals surface area contributed by atoms with Crippen molar-refractivity contribution in [3.63, 3.8) is 0 Å². The lowest BCUT2D eigenvalue weighted by atomic mass is 10.0. The number of hydrogen-bond acceptors (Lipinski definition) is 6. The van der Waals surface area contributed by atoms with Gasteiger partial charge in [0.15, 0.2) is 0 Å². The highest BCUT2D eigenvalue weighted by atomic mass is 16.5. The summed E-state index contributed by atoms with van der Waals surface area (Å²) in [5.41, 5.74) is 2.67. The van der Waals surface area contributed by atoms with E-state index in [1.165, 1.54) is 0 Å². The molecule has 1 N–H and O–H groups in total. The Balaban J connectivity index is 2.49. The molecule has 0 radical (unpaired) electrons. The molecule has 1 unspecified atom stereocenters. The van der Waals surface area contributed by atoms with Crippen molar-refractivity contribution in [2.24, 2.45) is 0 Å². The fourth-order valence-electron chi connectivity index (χ4n) is 2.05. The van der Waals surface area contributed by atoms with Crippen LogP contribution in [0.25, 0.3) is 0 Å². The molecule has 0 aliphatic carbocycles. The number of hydrogen-bond donors (Lipinski definition) is 1. The van der Waals surface area contributed by atoms with Gasteiger partial charge in [-0.3, -0.25) is 4.98 Å². The van der Waals surface area contributed by atoms with E-state index in [9.17, 15) is 0 Å². The van der Waals surface area contributed by atoms with E-state index >= 15 is 0 Å². The Morgan fingerprint density at radius 1 is 1.20 bits per heavy atom. The zero-order valence-electron chi connectivity index (χ0n) is 12.0. The molecule has 2 aromatic rings. The maximum Gasteiger partial charge on any atom is 0.240 e. The summed E-state index contributed by atoms with van der Waals surface area (Å²) in [6.07, 6.45) is 3.34. The summed E-state index contributed by atoms with van der Waals surface area (Å²) in [6, 6.07) is 3.77. The highest BCUT2D eigenvalue weighted by Gasteiger charge is 2.21. The average molecular weight is 274 g/mol. The maximum atomic E-state index is 5.32. The van der Waals surface area contributed by atoms with Gasteiger partial charge in [-0.1, -0.05) is 6.07 Å². The van der Waals surface area contributed by atoms with Crippen LogP contribution >= 0.6 is 0 Å². The van der Waals surface area contributed by atoms with Crippen LogP contribution in [0.4, 0.5) is 0 Å². The second-order valence-corrected chi connectivity index (χ2v) is 4.21. The molecule has 0 aromatic carbocycles. The van der Waals surface area contributed by atoms with Gasteiger partial charge in [0, 0.05) is 11.9 Å². The van der Waals surface area contributed by atoms with E-state index in [2.05, 4.69) is 20.3 Å². The van der Waals surface area contributed by atoms with Crippen LogP contribution in [0.15, 0.2) is 24.5 Å². The van der Waals surface area contributed by atoms with Crippen molar-refractivity contribution < 1.29 is 9.47 Å². The number of ether oxygens (including phenoxy) is 2. The highest BCUT2D eigenvalue weighted by Crippen LogP contribution is 2.28. The van der Waals surface area contributed by atoms with Crippen LogP contribution in [-0.2, 0) is 0 Å². The summed E-state index contributed by atoms with van der Waals surface area (Å²) >= 11 is 0. The number of nitrogens with one attached hydrogen (secondary N) is 1. The van der Waals surface area contributed by atoms with Crippen LogP contribution in [0.2, 0.25) is 0 Å². The third kappa shape index (κ3) is 2.70. The largest absolute Gasteiger partial charge is 0.480 e. The molecule has 0 saturated carbocycles. The van der Waals surface area contributed by atoms with Crippen LogP contribution < -0.4 is 14.8 Å². The summed E-state index contributed by atoms with van der Waals surface area (Å²) in [5.74, 6) is 0.857. The van der Waals surface area contributed by atoms with Crippen molar-refractivity contribution >= 4 is 0 Å². The third-order valence-corrected chi connectivity index (χ3v) is 3.07. The van der Waals surface area contributed by atoms with E-state index in [1.807, 2.05) is 26.1 Å². The summed E-state index contributed by atoms with van der Waals surface area (Å²) < 4.78 is 10.4. The molecule has 2 aromatic heterocycles. The number of aromatic nitrogens is 3. The molecule has 2 heterocycles. The molecule has 6 heteroatoms. The molecule has 2 rings (SSSR count). The number of methoxy groups -OCH3 is 2. The molecular formula is C14H18N4O2. The minimum atomic E-state index is -0.142. The predicted molar refractivity (Wildman–Crippen MR) is 75.0 cm³/mol. The van der Waals surface area contributed by atoms with Crippen LogP contribution in [0.3, 0.4) is 0 Å². The van der Waals surface area contributed by atoms with Gasteiger partial charge in [0.1, 0.15) is 5.69 Å². The second-order valence-electron chi connectivity index (χ2n) is 4.21. The topological polar surface area (TPSA) is 69.2 Å². The predicted octanol–water partition coefficient (Wildman–Crippen LogP) is 1.51. The van der Waals surface area contributed by atoms with Crippen molar-refractivity contribution in [3.05, 3.63) is 41.5 Å². The van der Waals surface area contributed by atoms with E-state index < -0.39 is 0 Å². The van der Waals surface area contributed by atoms with Crippen LogP contribution in [0.1, 0.15) is 23.0 Å². The van der Waals surface area contributed by atoms with Gasteiger partial charge in [-0.25, -0.2) is 4.98 Å². The standard InChI is InChI=1S/C14H18N4O2/c1-9-10(6-5-7-16-9)12(15-2)13-14(20-4)18-11(19-3)8-17-13/h5-8,12,15H,1-4H3. The lowest BCUT2D eigenvalue weighted by Gasteiger charge is -2.19. The van der Waals surface area contributed by atoms with Gasteiger partial charge < -0.3 is 14.8 Å². The molecule has 0 aliphatic heterocycles. The zero-order valence-corrected chi connectivity index (χ0v) is 12.0. The average Bonchev–Trinajstić information content (AvgIpc) is 2.50. The lowest BCUT2D eigenvalue weighted by Crippen LogP contribution is -2.21. The molecule has 0 bridgehead atoms. The van der Waals surface area contributed by atoms with Gasteiger partial charge in [-0.15, -0.1) is 0 Å². The Hall–Kier alpha value is -2.21. The first-order chi connectivity index (χ1) is 9.71. The molecule has 0 saturated heterocycles. The molecule has 0 spiro atoms. The van der Waals surface area contributed by atoms with Crippen molar-refractivity contribution in [1.29, 1.82) is 0 Å². The monoisotopic (exact) mass is 274 g/mol. The van der Waals surface area contributed by atoms with Gasteiger partial charge in [-0.2, -0.15) is 4.98 Å². The molecule has 6 nitrogen and oxygen atoms in total. The Morgan fingerprint density at radius 3 is 2.60 bits per heavy atom. The summed E-state index contributed by atoms with van der Waals surface area (Å²) in [6.45, 7) is 1.96. The minimum absolute atomic E-state index is 0.142. The molecular weight excluding hydrogens is 256 g/mol. The number of pyridine rings is 1. The Bertz CT molecular complexity index is 589. The maximum absolute atomic E-state index is 5.32. The zero-order chi connectivity index (χ0) is 14.5. The van der Waals surface area contributed by atoms with Gasteiger partial charge in [-0.05, 0) is 25.6 Å². The Kier molecular flexibility index (Phi) is 4.47. The summed E-state index contributed by atoms with van der Waals surface area (Å²) in [7, 11) is 4.97. The van der Waals surface area contributed by atoms with E-state index in [4.69, 9.17) is 9.47 Å². The lowest BCUT2D eigenvalue weighted by molar-refractivity contribution is 0.353. The second kappa shape index (κ2) is 6.29. The fourth-order valence-corrected chi connectivity index (χ4v) is 2.05. The molecule has 106 valence electrons. The highest BCUT2D eigenvalue weighted by molar-refractivity contribution is 5.35. The van der Waals surface area contributed by atoms with Crippen molar-refractivity contribution in [3.8, 4) is 11.8 Å². The Labute approximate surface area is 118 Å². The molecule has 0 amide bonds. The first kappa shape index (κ1) is 14.2. The van der Waals surface area contributed by atoms with Crippen LogP contribution in [0, 0.1) is 6.92 Å². The Morgan fingerprint density at radius 2 is 2.00 bits per heavy atom. The minimum Gasteiger partial charge on any atom is -0.480 e. The van der Waals surface area contributed by atoms with E-state index in [0.29, 0.717) is 17.5 Å². The van der Waals surface area contributed by atoms with Crippen LogP contribution in [-0.4, -0.2) is 36.2 Å². The SMILES string of the molecule is CNC(c1cccnc1C)c1ncc(OC)nc1OC. The third-order valence-electron chi connectivity index (χ3n) is 3.07. The first-order valence-corrected chi connectivity index (χ1v) is 6.25. The molecule has 0 fully saturated rings. The normalized spacial score (nSPS) is 12.0. The van der Waals surface area contributed by atoms with Crippen molar-refractivity contribution in [2.45, 2.75) is 13.0 Å². The molecule has 1 atom stereocenters. The number of nitrogens with zero attached hydrogens (tertiary/aromatic N) is 3. The molecule has 0 aliphatic rings. The first-order valence-electron chi connectivity index (χ1n) is 6.25. The van der Waals surface area contributed by atoms with Gasteiger partial charge >= 0.3 is 0 Å². The summed E-state index contributed by atoms with van der Waals surface area (Å²) in [5, 5.41) is 3.22. The smallest absolute Gasteiger partial charge is 0.240 e. The number of rotatable bonds is 5.